The van der Waals surface area contributed by atoms with Gasteiger partial charge in [0.15, 0.2) is 0 Å². The normalized spacial score (nSPS) is 7.71. The van der Waals surface area contributed by atoms with E-state index in [1.54, 1.807) is 5.48 Å². The Morgan fingerprint density at radius 2 is 2.43 bits per heavy atom. The number of hydrogen-bond acceptors (Lipinski definition) is 4. The lowest BCUT2D eigenvalue weighted by Gasteiger charge is -1.93. The van der Waals surface area contributed by atoms with E-state index in [4.69, 9.17) is 5.26 Å². The number of amides is 1. The van der Waals surface area contributed by atoms with Crippen molar-refractivity contribution < 1.29 is 19.8 Å². The lowest BCUT2D eigenvalue weighted by molar-refractivity contribution is -0.186. The van der Waals surface area contributed by atoms with E-state index in [1.165, 1.54) is 7.11 Å². The first-order valence-electron chi connectivity index (χ1n) is 1.45. The van der Waals surface area contributed by atoms with Gasteiger partial charge in [-0.1, -0.05) is 0 Å². The Morgan fingerprint density at radius 1 is 1.86 bits per heavy atom. The summed E-state index contributed by atoms with van der Waals surface area (Å²) in [5.41, 5.74) is 1.68. The average molecular weight is 107 g/mol. The molecule has 0 aliphatic rings. The van der Waals surface area contributed by atoms with E-state index in [-0.39, 0.29) is 0 Å². The molecule has 42 valence electrons. The third-order valence-electron chi connectivity index (χ3n) is 0.268. The summed E-state index contributed by atoms with van der Waals surface area (Å²) in [6, 6.07) is 0. The van der Waals surface area contributed by atoms with Crippen LogP contribution in [0.1, 0.15) is 0 Å². The molecule has 0 aromatic heterocycles. The van der Waals surface area contributed by atoms with Crippen molar-refractivity contribution >= 4 is 6.09 Å². The summed E-state index contributed by atoms with van der Waals surface area (Å²) < 4.78 is 0. The van der Waals surface area contributed by atoms with Gasteiger partial charge >= 0.3 is 6.09 Å². The van der Waals surface area contributed by atoms with Crippen LogP contribution in [0.4, 0.5) is 4.79 Å². The second-order valence-corrected chi connectivity index (χ2v) is 0.685. The molecule has 0 bridgehead atoms. The minimum atomic E-state index is -1.04. The van der Waals surface area contributed by atoms with Gasteiger partial charge in [0.2, 0.25) is 0 Å². The van der Waals surface area contributed by atoms with Crippen molar-refractivity contribution in [1.82, 2.24) is 5.48 Å². The second-order valence-electron chi connectivity index (χ2n) is 0.685. The lowest BCUT2D eigenvalue weighted by Crippen LogP contribution is -2.21. The summed E-state index contributed by atoms with van der Waals surface area (Å²) in [5, 5.41) is 7.47. The number of carbonyl (C=O) groups excluding carboxylic acids is 1. The van der Waals surface area contributed by atoms with Gasteiger partial charge in [-0.3, -0.25) is 9.73 Å². The highest BCUT2D eigenvalue weighted by Gasteiger charge is 1.93. The zero-order valence-electron chi connectivity index (χ0n) is 3.67. The van der Waals surface area contributed by atoms with E-state index in [0.29, 0.717) is 0 Å². The summed E-state index contributed by atoms with van der Waals surface area (Å²) in [7, 11) is 1.22. The SMILES string of the molecule is CONC(=O)OO. The van der Waals surface area contributed by atoms with Crippen LogP contribution in [0.5, 0.6) is 0 Å². The number of hydroxylamine groups is 1. The maximum atomic E-state index is 9.70. The molecule has 1 amide bonds. The highest BCUT2D eigenvalue weighted by molar-refractivity contribution is 5.64. The van der Waals surface area contributed by atoms with Gasteiger partial charge in [0.25, 0.3) is 0 Å². The minimum Gasteiger partial charge on any atom is -0.276 e. The van der Waals surface area contributed by atoms with Gasteiger partial charge in [-0.2, -0.15) is 10.7 Å². The third kappa shape index (κ3) is 3.01. The standard InChI is InChI=1S/C2H5NO4/c1-6-3-2(4)7-5/h5H,1H3,(H,3,4). The second kappa shape index (κ2) is 3.38. The molecule has 0 rings (SSSR count). The predicted octanol–water partition coefficient (Wildman–Crippen LogP) is -0.253. The molecule has 0 radical (unpaired) electrons. The minimum absolute atomic E-state index is 1.04. The van der Waals surface area contributed by atoms with Gasteiger partial charge < -0.3 is 0 Å². The van der Waals surface area contributed by atoms with E-state index in [9.17, 15) is 4.79 Å². The fourth-order valence-corrected chi connectivity index (χ4v) is 0.102. The van der Waals surface area contributed by atoms with Crippen LogP contribution in [0.15, 0.2) is 0 Å². The fourth-order valence-electron chi connectivity index (χ4n) is 0.102. The average Bonchev–Trinajstić information content (AvgIpc) is 1.68. The molecular weight excluding hydrogens is 102 g/mol. The van der Waals surface area contributed by atoms with Crippen molar-refractivity contribution in [2.45, 2.75) is 0 Å². The first kappa shape index (κ1) is 6.19. The van der Waals surface area contributed by atoms with Crippen molar-refractivity contribution in [2.24, 2.45) is 0 Å². The molecule has 0 aliphatic carbocycles. The maximum Gasteiger partial charge on any atom is 0.462 e. The largest absolute Gasteiger partial charge is 0.462 e. The van der Waals surface area contributed by atoms with Crippen LogP contribution < -0.4 is 5.48 Å². The Bertz CT molecular complexity index is 62.7. The van der Waals surface area contributed by atoms with E-state index in [2.05, 4.69) is 9.73 Å². The van der Waals surface area contributed by atoms with Crippen LogP contribution in [0.2, 0.25) is 0 Å². The molecule has 0 saturated carbocycles. The number of rotatable bonds is 1. The Kier molecular flexibility index (Phi) is 2.99. The molecule has 0 spiro atoms. The summed E-state index contributed by atoms with van der Waals surface area (Å²) in [5.74, 6) is 0. The van der Waals surface area contributed by atoms with Crippen molar-refractivity contribution in [3.8, 4) is 0 Å². The molecule has 0 aromatic rings. The van der Waals surface area contributed by atoms with Crippen molar-refractivity contribution in [2.75, 3.05) is 7.11 Å². The summed E-state index contributed by atoms with van der Waals surface area (Å²) in [4.78, 5) is 16.8. The van der Waals surface area contributed by atoms with Crippen molar-refractivity contribution in [3.05, 3.63) is 0 Å². The highest BCUT2D eigenvalue weighted by Crippen LogP contribution is 1.65. The molecule has 0 saturated heterocycles. The van der Waals surface area contributed by atoms with Crippen LogP contribution in [0.3, 0.4) is 0 Å². The van der Waals surface area contributed by atoms with Gasteiger partial charge in [-0.05, 0) is 0 Å². The molecule has 0 aliphatic heterocycles. The Labute approximate surface area is 39.7 Å². The molecule has 7 heavy (non-hydrogen) atoms. The van der Waals surface area contributed by atoms with Crippen LogP contribution >= 0.6 is 0 Å². The van der Waals surface area contributed by atoms with Gasteiger partial charge in [0.1, 0.15) is 0 Å². The highest BCUT2D eigenvalue weighted by atomic mass is 17.1. The van der Waals surface area contributed by atoms with E-state index in [1.807, 2.05) is 0 Å². The molecule has 5 heteroatoms. The summed E-state index contributed by atoms with van der Waals surface area (Å²) in [6.45, 7) is 0. The molecule has 0 heterocycles. The van der Waals surface area contributed by atoms with Crippen molar-refractivity contribution in [1.29, 1.82) is 0 Å². The Balaban J connectivity index is 3.00. The van der Waals surface area contributed by atoms with Gasteiger partial charge in [-0.25, -0.2) is 4.79 Å². The Morgan fingerprint density at radius 3 is 2.57 bits per heavy atom. The molecule has 0 fully saturated rings. The van der Waals surface area contributed by atoms with Crippen LogP contribution in [0, 0.1) is 0 Å². The van der Waals surface area contributed by atoms with Gasteiger partial charge in [-0.15, -0.1) is 0 Å². The fraction of sp³-hybridized carbons (Fsp3) is 0.500. The molecule has 2 N–H and O–H groups in total. The maximum absolute atomic E-state index is 9.70. The number of hydrogen-bond donors (Lipinski definition) is 2. The topological polar surface area (TPSA) is 67.8 Å². The van der Waals surface area contributed by atoms with Crippen LogP contribution in [0.25, 0.3) is 0 Å². The quantitative estimate of drug-likeness (QED) is 0.358. The number of nitrogens with one attached hydrogen (secondary N) is 1. The molecule has 0 aromatic carbocycles. The predicted molar refractivity (Wildman–Crippen MR) is 19.3 cm³/mol. The Hall–Kier alpha value is -0.810. The molecular formula is C2H5NO4. The molecule has 0 unspecified atom stereocenters. The zero-order chi connectivity index (χ0) is 5.70. The summed E-state index contributed by atoms with van der Waals surface area (Å²) in [6.07, 6.45) is -1.04. The zero-order valence-corrected chi connectivity index (χ0v) is 3.67. The van der Waals surface area contributed by atoms with E-state index in [0.717, 1.165) is 0 Å². The lowest BCUT2D eigenvalue weighted by atomic mass is 11.3. The van der Waals surface area contributed by atoms with Crippen LogP contribution in [-0.4, -0.2) is 18.5 Å². The van der Waals surface area contributed by atoms with Crippen LogP contribution in [-0.2, 0) is 9.73 Å². The third-order valence-corrected chi connectivity index (χ3v) is 0.268. The van der Waals surface area contributed by atoms with E-state index < -0.39 is 6.09 Å². The van der Waals surface area contributed by atoms with Gasteiger partial charge in [0, 0.05) is 0 Å². The molecule has 5 nitrogen and oxygen atoms in total. The van der Waals surface area contributed by atoms with E-state index >= 15 is 0 Å². The first-order chi connectivity index (χ1) is 3.31. The first-order valence-corrected chi connectivity index (χ1v) is 1.45. The number of carbonyl (C=O) groups is 1. The van der Waals surface area contributed by atoms with Crippen molar-refractivity contribution in [3.63, 3.8) is 0 Å². The monoisotopic (exact) mass is 107 g/mol. The van der Waals surface area contributed by atoms with Gasteiger partial charge in [0.05, 0.1) is 7.11 Å². The molecule has 0 atom stereocenters. The summed E-state index contributed by atoms with van der Waals surface area (Å²) >= 11 is 0. The smallest absolute Gasteiger partial charge is 0.276 e.